The van der Waals surface area contributed by atoms with Crippen LogP contribution < -0.4 is 10.6 Å². The van der Waals surface area contributed by atoms with Gasteiger partial charge in [0.2, 0.25) is 17.7 Å². The van der Waals surface area contributed by atoms with E-state index in [2.05, 4.69) is 33.5 Å². The maximum absolute atomic E-state index is 13.8. The van der Waals surface area contributed by atoms with Crippen LogP contribution in [0.5, 0.6) is 0 Å². The number of anilines is 1. The van der Waals surface area contributed by atoms with Gasteiger partial charge in [0.1, 0.15) is 11.6 Å². The van der Waals surface area contributed by atoms with Crippen molar-refractivity contribution < 1.29 is 24.2 Å². The van der Waals surface area contributed by atoms with Gasteiger partial charge in [-0.05, 0) is 37.8 Å². The predicted octanol–water partition coefficient (Wildman–Crippen LogP) is 2.84. The average Bonchev–Trinajstić information content (AvgIpc) is 3.43. The molecule has 4 rings (SSSR count). The van der Waals surface area contributed by atoms with Crippen LogP contribution >= 0.6 is 15.9 Å². The normalized spacial score (nSPS) is 31.0. The van der Waals surface area contributed by atoms with Crippen molar-refractivity contribution in [3.8, 4) is 0 Å². The first kappa shape index (κ1) is 26.1. The number of hydrogen-bond acceptors (Lipinski definition) is 5. The highest BCUT2D eigenvalue weighted by Crippen LogP contribution is 2.60. The lowest BCUT2D eigenvalue weighted by Gasteiger charge is -2.34. The van der Waals surface area contributed by atoms with Crippen LogP contribution in [-0.2, 0) is 19.1 Å². The van der Waals surface area contributed by atoms with Crippen LogP contribution in [0.2, 0.25) is 0 Å². The van der Waals surface area contributed by atoms with Crippen molar-refractivity contribution >= 4 is 39.3 Å². The molecule has 3 N–H and O–H groups in total. The highest BCUT2D eigenvalue weighted by Gasteiger charge is 2.76. The van der Waals surface area contributed by atoms with Crippen LogP contribution in [0.25, 0.3) is 0 Å². The van der Waals surface area contributed by atoms with Gasteiger partial charge in [-0.2, -0.15) is 0 Å². The molecule has 8 nitrogen and oxygen atoms in total. The summed E-state index contributed by atoms with van der Waals surface area (Å²) in [6.07, 6.45) is 5.03. The number of nitrogens with zero attached hydrogens (tertiary/aromatic N) is 1. The summed E-state index contributed by atoms with van der Waals surface area (Å²) in [5.41, 5.74) is -0.351. The topological polar surface area (TPSA) is 108 Å². The number of benzene rings is 1. The van der Waals surface area contributed by atoms with Crippen LogP contribution in [0.3, 0.4) is 0 Å². The van der Waals surface area contributed by atoms with Crippen molar-refractivity contribution in [2.75, 3.05) is 25.0 Å². The molecular formula is C26H36BrN3O5. The number of fused-ring (bicyclic) bond motifs is 1. The molecule has 192 valence electrons. The molecule has 0 radical (unpaired) electrons. The third-order valence-electron chi connectivity index (χ3n) is 7.52. The fraction of sp³-hybridized carbons (Fsp3) is 0.654. The monoisotopic (exact) mass is 549 g/mol. The van der Waals surface area contributed by atoms with E-state index in [1.54, 1.807) is 4.90 Å². The molecule has 3 heterocycles. The molecule has 1 spiro atoms. The van der Waals surface area contributed by atoms with Gasteiger partial charge in [-0.25, -0.2) is 0 Å². The minimum atomic E-state index is -1.02. The number of carbonyl (C=O) groups is 3. The van der Waals surface area contributed by atoms with Gasteiger partial charge >= 0.3 is 0 Å². The van der Waals surface area contributed by atoms with Crippen molar-refractivity contribution in [2.45, 2.75) is 74.4 Å². The van der Waals surface area contributed by atoms with Gasteiger partial charge in [0.25, 0.3) is 0 Å². The summed E-state index contributed by atoms with van der Waals surface area (Å²) < 4.78 is 6.49. The summed E-state index contributed by atoms with van der Waals surface area (Å²) in [7, 11) is 0. The molecule has 3 aliphatic heterocycles. The second-order valence-corrected chi connectivity index (χ2v) is 11.0. The van der Waals surface area contributed by atoms with Gasteiger partial charge in [-0.15, -0.1) is 0 Å². The summed E-state index contributed by atoms with van der Waals surface area (Å²) in [4.78, 5) is 42.3. The molecule has 0 aliphatic carbocycles. The van der Waals surface area contributed by atoms with Crippen molar-refractivity contribution in [3.05, 3.63) is 30.3 Å². The van der Waals surface area contributed by atoms with E-state index in [4.69, 9.17) is 9.84 Å². The molecule has 6 atom stereocenters. The molecule has 2 bridgehead atoms. The third kappa shape index (κ3) is 5.00. The number of para-hydroxylation sites is 1. The Morgan fingerprint density at radius 3 is 2.60 bits per heavy atom. The van der Waals surface area contributed by atoms with Crippen LogP contribution in [0, 0.1) is 11.8 Å². The van der Waals surface area contributed by atoms with E-state index in [0.717, 1.165) is 38.5 Å². The number of halogens is 1. The number of likely N-dealkylation sites (tertiary alicyclic amines) is 1. The van der Waals surface area contributed by atoms with Gasteiger partial charge in [0.15, 0.2) is 0 Å². The molecule has 3 amide bonds. The predicted molar refractivity (Wildman–Crippen MR) is 136 cm³/mol. The fourth-order valence-electron chi connectivity index (χ4n) is 5.95. The highest BCUT2D eigenvalue weighted by atomic mass is 79.9. The number of ether oxygens (including phenoxy) is 1. The zero-order valence-corrected chi connectivity index (χ0v) is 21.8. The lowest BCUT2D eigenvalue weighted by atomic mass is 9.70. The Morgan fingerprint density at radius 2 is 1.89 bits per heavy atom. The van der Waals surface area contributed by atoms with Crippen molar-refractivity contribution in [3.63, 3.8) is 0 Å². The largest absolute Gasteiger partial charge is 0.396 e. The zero-order valence-electron chi connectivity index (χ0n) is 20.2. The number of aliphatic hydroxyl groups is 1. The van der Waals surface area contributed by atoms with Crippen LogP contribution in [0.4, 0.5) is 5.69 Å². The smallest absolute Gasteiger partial charge is 0.245 e. The van der Waals surface area contributed by atoms with Crippen molar-refractivity contribution in [1.82, 2.24) is 10.2 Å². The first-order chi connectivity index (χ1) is 16.9. The molecular weight excluding hydrogens is 514 g/mol. The van der Waals surface area contributed by atoms with E-state index >= 15 is 0 Å². The van der Waals surface area contributed by atoms with Gasteiger partial charge in [0, 0.05) is 30.2 Å². The van der Waals surface area contributed by atoms with E-state index in [1.165, 1.54) is 0 Å². The first-order valence-corrected chi connectivity index (χ1v) is 13.7. The Hall–Kier alpha value is -1.97. The van der Waals surface area contributed by atoms with Gasteiger partial charge in [-0.3, -0.25) is 14.4 Å². The summed E-state index contributed by atoms with van der Waals surface area (Å²) in [5.74, 6) is -1.98. The van der Waals surface area contributed by atoms with Gasteiger partial charge in [-0.1, -0.05) is 60.3 Å². The SMILES string of the molecule is CCCCNC(=O)C1N(CCCCCCO)C(=O)[C@@H]2[C@H](C(=O)Nc3ccccc3)[C@H]3OC12CC3Br. The minimum absolute atomic E-state index is 0.117. The maximum Gasteiger partial charge on any atom is 0.245 e. The Morgan fingerprint density at radius 1 is 1.14 bits per heavy atom. The number of unbranched alkanes of at least 4 members (excludes halogenated alkanes) is 4. The van der Waals surface area contributed by atoms with Crippen LogP contribution in [0.15, 0.2) is 30.3 Å². The average molecular weight is 550 g/mol. The lowest BCUT2D eigenvalue weighted by Crippen LogP contribution is -2.56. The van der Waals surface area contributed by atoms with E-state index in [-0.39, 0.29) is 29.2 Å². The maximum atomic E-state index is 13.8. The number of rotatable bonds is 12. The summed E-state index contributed by atoms with van der Waals surface area (Å²) in [6, 6.07) is 8.43. The number of hydrogen-bond donors (Lipinski definition) is 3. The third-order valence-corrected chi connectivity index (χ3v) is 8.36. The molecule has 3 saturated heterocycles. The molecule has 3 unspecified atom stereocenters. The number of nitrogens with one attached hydrogen (secondary N) is 2. The lowest BCUT2D eigenvalue weighted by molar-refractivity contribution is -0.141. The molecule has 35 heavy (non-hydrogen) atoms. The van der Waals surface area contributed by atoms with E-state index < -0.39 is 29.6 Å². The molecule has 0 aromatic heterocycles. The second kappa shape index (κ2) is 11.4. The second-order valence-electron chi connectivity index (χ2n) is 9.83. The van der Waals surface area contributed by atoms with E-state index in [0.29, 0.717) is 25.2 Å². The molecule has 3 fully saturated rings. The summed E-state index contributed by atoms with van der Waals surface area (Å²) in [5, 5.41) is 15.0. The van der Waals surface area contributed by atoms with E-state index in [1.807, 2.05) is 30.3 Å². The minimum Gasteiger partial charge on any atom is -0.396 e. The number of carbonyl (C=O) groups excluding carboxylic acids is 3. The number of aliphatic hydroxyl groups excluding tert-OH is 1. The number of amides is 3. The van der Waals surface area contributed by atoms with Gasteiger partial charge < -0.3 is 25.4 Å². The Balaban J connectivity index is 1.59. The Labute approximate surface area is 215 Å². The van der Waals surface area contributed by atoms with Crippen molar-refractivity contribution in [2.24, 2.45) is 11.8 Å². The quantitative estimate of drug-likeness (QED) is 0.274. The molecule has 1 aromatic carbocycles. The molecule has 3 aliphatic rings. The van der Waals surface area contributed by atoms with Crippen molar-refractivity contribution in [1.29, 1.82) is 0 Å². The first-order valence-electron chi connectivity index (χ1n) is 12.8. The molecule has 9 heteroatoms. The van der Waals surface area contributed by atoms with Crippen LogP contribution in [-0.4, -0.2) is 70.0 Å². The van der Waals surface area contributed by atoms with Gasteiger partial charge in [0.05, 0.1) is 17.9 Å². The fourth-order valence-corrected chi connectivity index (χ4v) is 6.89. The summed E-state index contributed by atoms with van der Waals surface area (Å²) >= 11 is 3.69. The van der Waals surface area contributed by atoms with Crippen LogP contribution in [0.1, 0.15) is 51.9 Å². The Bertz CT molecular complexity index is 916. The standard InChI is InChI=1S/C26H36BrN3O5/c1-2-3-13-28-24(33)22-26-16-18(27)21(35-26)19(23(32)29-17-11-7-6-8-12-17)20(26)25(34)30(22)14-9-4-5-10-15-31/h6-8,11-12,18-22,31H,2-5,9-10,13-16H2,1H3,(H,28,33)(H,29,32)/t18?,19-,20-,21-,22?,26?/m0/s1. The zero-order chi connectivity index (χ0) is 25.0. The highest BCUT2D eigenvalue weighted by molar-refractivity contribution is 9.09. The summed E-state index contributed by atoms with van der Waals surface area (Å²) in [6.45, 7) is 3.19. The molecule has 1 aromatic rings. The Kier molecular flexibility index (Phi) is 8.50. The molecule has 0 saturated carbocycles. The number of alkyl halides is 1. The van der Waals surface area contributed by atoms with E-state index in [9.17, 15) is 14.4 Å².